The molecule has 27 heavy (non-hydrogen) atoms. The van der Waals surface area contributed by atoms with Crippen LogP contribution < -0.4 is 16.0 Å². The molecule has 10 heteroatoms. The summed E-state index contributed by atoms with van der Waals surface area (Å²) in [7, 11) is 0. The molecule has 4 N–H and O–H groups in total. The molecule has 0 bridgehead atoms. The monoisotopic (exact) mass is 380 g/mol. The van der Waals surface area contributed by atoms with Crippen molar-refractivity contribution in [2.45, 2.75) is 31.8 Å². The lowest BCUT2D eigenvalue weighted by atomic mass is 9.94. The molecule has 0 aliphatic carbocycles. The predicted molar refractivity (Wildman–Crippen MR) is 96.2 cm³/mol. The smallest absolute Gasteiger partial charge is 0.227 e. The van der Waals surface area contributed by atoms with E-state index in [9.17, 15) is 19.1 Å². The lowest BCUT2D eigenvalue weighted by Gasteiger charge is -2.35. The van der Waals surface area contributed by atoms with Gasteiger partial charge in [0.2, 0.25) is 17.8 Å². The molecule has 0 aromatic carbocycles. The highest BCUT2D eigenvalue weighted by atomic mass is 19.1. The fraction of sp³-hybridized carbons (Fsp3) is 0.647. The number of nitrogens with one attached hydrogen (secondary N) is 1. The van der Waals surface area contributed by atoms with Gasteiger partial charge in [0.25, 0.3) is 0 Å². The first-order valence-corrected chi connectivity index (χ1v) is 9.22. The molecule has 148 valence electrons. The molecule has 1 aromatic rings. The first-order valence-electron chi connectivity index (χ1n) is 9.22. The number of aromatic nitrogens is 2. The minimum absolute atomic E-state index is 0.165. The maximum absolute atomic E-state index is 13.2. The highest BCUT2D eigenvalue weighted by Gasteiger charge is 2.34. The van der Waals surface area contributed by atoms with E-state index >= 15 is 0 Å². The Balaban J connectivity index is 1.50. The minimum Gasteiger partial charge on any atom is -0.392 e. The van der Waals surface area contributed by atoms with Crippen LogP contribution >= 0.6 is 0 Å². The number of aliphatic hydroxyl groups excluding tert-OH is 1. The van der Waals surface area contributed by atoms with Crippen LogP contribution in [0.4, 0.5) is 16.2 Å². The molecular formula is C17H25FN6O3. The molecule has 9 nitrogen and oxygen atoms in total. The van der Waals surface area contributed by atoms with Gasteiger partial charge in [-0.1, -0.05) is 0 Å². The van der Waals surface area contributed by atoms with Gasteiger partial charge in [-0.2, -0.15) is 4.98 Å². The second kappa shape index (κ2) is 8.47. The molecule has 3 heterocycles. The number of nitrogen functional groups attached to an aromatic ring is 1. The lowest BCUT2D eigenvalue weighted by Crippen LogP contribution is -2.50. The third-order valence-electron chi connectivity index (χ3n) is 5.03. The van der Waals surface area contributed by atoms with Crippen molar-refractivity contribution >= 4 is 23.6 Å². The van der Waals surface area contributed by atoms with Crippen molar-refractivity contribution in [2.75, 3.05) is 43.4 Å². The van der Waals surface area contributed by atoms with Crippen LogP contribution in [-0.4, -0.2) is 70.6 Å². The standard InChI is InChI=1S/C17H25FN6O3/c18-12-9-21-17(22-15(12)19)24-8-4-13(25)11(10-24)16(27)20-5-2-7-23-6-1-3-14(23)26/h9,11,13,25H,1-8,10H2,(H,20,27)(H2,19,21,22)/t11-,13+/m0/s1. The predicted octanol–water partition coefficient (Wildman–Crippen LogP) is -0.486. The zero-order valence-corrected chi connectivity index (χ0v) is 15.1. The van der Waals surface area contributed by atoms with Crippen LogP contribution in [0.15, 0.2) is 6.20 Å². The highest BCUT2D eigenvalue weighted by Crippen LogP contribution is 2.22. The maximum Gasteiger partial charge on any atom is 0.227 e. The number of aliphatic hydroxyl groups is 1. The average molecular weight is 380 g/mol. The van der Waals surface area contributed by atoms with Crippen LogP contribution in [0, 0.1) is 11.7 Å². The van der Waals surface area contributed by atoms with Crippen molar-refractivity contribution in [1.29, 1.82) is 0 Å². The molecule has 1 aromatic heterocycles. The summed E-state index contributed by atoms with van der Waals surface area (Å²) in [6, 6.07) is 0. The fourth-order valence-electron chi connectivity index (χ4n) is 3.45. The molecule has 2 amide bonds. The van der Waals surface area contributed by atoms with Crippen LogP contribution in [0.1, 0.15) is 25.7 Å². The summed E-state index contributed by atoms with van der Waals surface area (Å²) in [5.74, 6) is -1.42. The summed E-state index contributed by atoms with van der Waals surface area (Å²) in [6.45, 7) is 2.52. The molecule has 3 rings (SSSR count). The van der Waals surface area contributed by atoms with Crippen molar-refractivity contribution in [3.8, 4) is 0 Å². The van der Waals surface area contributed by atoms with E-state index in [4.69, 9.17) is 5.73 Å². The summed E-state index contributed by atoms with van der Waals surface area (Å²) < 4.78 is 13.2. The summed E-state index contributed by atoms with van der Waals surface area (Å²) in [4.78, 5) is 35.4. The number of likely N-dealkylation sites (tertiary alicyclic amines) is 1. The molecular weight excluding hydrogens is 355 g/mol. The molecule has 0 spiro atoms. The van der Waals surface area contributed by atoms with Crippen LogP contribution in [0.25, 0.3) is 0 Å². The van der Waals surface area contributed by atoms with E-state index in [2.05, 4.69) is 15.3 Å². The van der Waals surface area contributed by atoms with E-state index in [0.717, 1.165) is 19.2 Å². The first-order chi connectivity index (χ1) is 13.0. The van der Waals surface area contributed by atoms with Gasteiger partial charge in [0.1, 0.15) is 0 Å². The molecule has 2 saturated heterocycles. The Hall–Kier alpha value is -2.49. The van der Waals surface area contributed by atoms with Crippen molar-refractivity contribution in [3.05, 3.63) is 12.0 Å². The topological polar surface area (TPSA) is 125 Å². The van der Waals surface area contributed by atoms with E-state index in [1.807, 2.05) is 0 Å². The minimum atomic E-state index is -0.765. The van der Waals surface area contributed by atoms with Crippen molar-refractivity contribution in [2.24, 2.45) is 5.92 Å². The van der Waals surface area contributed by atoms with Gasteiger partial charge >= 0.3 is 0 Å². The number of carbonyl (C=O) groups is 2. The number of piperidine rings is 1. The van der Waals surface area contributed by atoms with Crippen molar-refractivity contribution in [1.82, 2.24) is 20.2 Å². The van der Waals surface area contributed by atoms with Crippen LogP contribution in [0.5, 0.6) is 0 Å². The number of carbonyl (C=O) groups excluding carboxylic acids is 2. The number of nitrogens with two attached hydrogens (primary N) is 1. The molecule has 2 aliphatic rings. The first kappa shape index (κ1) is 19.3. The second-order valence-corrected chi connectivity index (χ2v) is 6.94. The Morgan fingerprint density at radius 3 is 2.96 bits per heavy atom. The Bertz CT molecular complexity index is 703. The number of hydrogen-bond donors (Lipinski definition) is 3. The van der Waals surface area contributed by atoms with Crippen LogP contribution in [-0.2, 0) is 9.59 Å². The number of nitrogens with zero attached hydrogens (tertiary/aromatic N) is 4. The zero-order valence-electron chi connectivity index (χ0n) is 15.1. The second-order valence-electron chi connectivity index (χ2n) is 6.94. The molecule has 0 radical (unpaired) electrons. The lowest BCUT2D eigenvalue weighted by molar-refractivity contribution is -0.128. The Labute approximate surface area is 156 Å². The summed E-state index contributed by atoms with van der Waals surface area (Å²) in [6.07, 6.45) is 2.77. The third-order valence-corrected chi connectivity index (χ3v) is 5.03. The molecule has 2 fully saturated rings. The largest absolute Gasteiger partial charge is 0.392 e. The number of halogens is 1. The summed E-state index contributed by atoms with van der Waals surface area (Å²) in [5.41, 5.74) is 5.48. The Morgan fingerprint density at radius 2 is 2.26 bits per heavy atom. The molecule has 2 aliphatic heterocycles. The Kier molecular flexibility index (Phi) is 6.04. The van der Waals surface area contributed by atoms with Gasteiger partial charge in [-0.25, -0.2) is 9.37 Å². The van der Waals surface area contributed by atoms with Crippen LogP contribution in [0.3, 0.4) is 0 Å². The number of hydrogen-bond acceptors (Lipinski definition) is 7. The van der Waals surface area contributed by atoms with Gasteiger partial charge in [-0.15, -0.1) is 0 Å². The van der Waals surface area contributed by atoms with E-state index in [-0.39, 0.29) is 30.1 Å². The van der Waals surface area contributed by atoms with E-state index in [1.54, 1.807) is 9.80 Å². The van der Waals surface area contributed by atoms with E-state index in [1.165, 1.54) is 0 Å². The summed E-state index contributed by atoms with van der Waals surface area (Å²) in [5, 5.41) is 13.0. The van der Waals surface area contributed by atoms with Crippen molar-refractivity contribution in [3.63, 3.8) is 0 Å². The van der Waals surface area contributed by atoms with Crippen molar-refractivity contribution < 1.29 is 19.1 Å². The molecule has 2 atom stereocenters. The van der Waals surface area contributed by atoms with Gasteiger partial charge in [-0.05, 0) is 19.3 Å². The van der Waals surface area contributed by atoms with Gasteiger partial charge < -0.3 is 26.0 Å². The SMILES string of the molecule is Nc1nc(N2CC[C@@H](O)[C@@H](C(=O)NCCCN3CCCC3=O)C2)ncc1F. The average Bonchev–Trinajstić information content (AvgIpc) is 3.06. The molecule has 0 saturated carbocycles. The number of anilines is 2. The highest BCUT2D eigenvalue weighted by molar-refractivity contribution is 5.80. The number of rotatable bonds is 6. The third kappa shape index (κ3) is 4.62. The van der Waals surface area contributed by atoms with Gasteiger partial charge in [0.05, 0.1) is 18.2 Å². The number of amides is 2. The normalized spacial score (nSPS) is 23.0. The fourth-order valence-corrected chi connectivity index (χ4v) is 3.45. The van der Waals surface area contributed by atoms with Gasteiger partial charge in [0.15, 0.2) is 11.6 Å². The van der Waals surface area contributed by atoms with Gasteiger partial charge in [-0.3, -0.25) is 9.59 Å². The Morgan fingerprint density at radius 1 is 1.44 bits per heavy atom. The van der Waals surface area contributed by atoms with Gasteiger partial charge in [0, 0.05) is 39.1 Å². The maximum atomic E-state index is 13.2. The molecule has 0 unspecified atom stereocenters. The summed E-state index contributed by atoms with van der Waals surface area (Å²) >= 11 is 0. The van der Waals surface area contributed by atoms with E-state index in [0.29, 0.717) is 38.9 Å². The van der Waals surface area contributed by atoms with E-state index < -0.39 is 17.8 Å². The quantitative estimate of drug-likeness (QED) is 0.569. The zero-order chi connectivity index (χ0) is 19.4. The van der Waals surface area contributed by atoms with Crippen LogP contribution in [0.2, 0.25) is 0 Å².